The molecule has 0 bridgehead atoms. The number of hydrogen-bond acceptors (Lipinski definition) is 3. The number of amides is 1. The molecular weight excluding hydrogens is 348 g/mol. The molecule has 0 fully saturated rings. The zero-order valence-electron chi connectivity index (χ0n) is 16.1. The molecule has 0 unspecified atom stereocenters. The van der Waals surface area contributed by atoms with Crippen molar-refractivity contribution in [3.8, 4) is 5.75 Å². The number of halogens is 1. The molecular formula is C21H27ClN2O2. The number of nitrogens with zero attached hydrogens (tertiary/aromatic N) is 1. The van der Waals surface area contributed by atoms with E-state index in [1.807, 2.05) is 11.9 Å². The number of likely N-dealkylation sites (N-methyl/N-ethyl adjacent to an activating group) is 1. The quantitative estimate of drug-likeness (QED) is 0.795. The molecule has 0 spiro atoms. The topological polar surface area (TPSA) is 41.6 Å². The van der Waals surface area contributed by atoms with Crippen LogP contribution in [0.2, 0.25) is 5.02 Å². The Morgan fingerprint density at radius 1 is 1.15 bits per heavy atom. The Kier molecular flexibility index (Phi) is 6.68. The van der Waals surface area contributed by atoms with Gasteiger partial charge in [-0.1, -0.05) is 56.6 Å². The monoisotopic (exact) mass is 374 g/mol. The Balaban J connectivity index is 1.94. The predicted octanol–water partition coefficient (Wildman–Crippen LogP) is 4.72. The Hall–Kier alpha value is -2.04. The smallest absolute Gasteiger partial charge is 0.238 e. The summed E-state index contributed by atoms with van der Waals surface area (Å²) in [7, 11) is 3.48. The van der Waals surface area contributed by atoms with Crippen LogP contribution < -0.4 is 10.1 Å². The van der Waals surface area contributed by atoms with Crippen molar-refractivity contribution in [2.75, 3.05) is 26.0 Å². The molecule has 2 aromatic carbocycles. The van der Waals surface area contributed by atoms with Crippen LogP contribution >= 0.6 is 11.6 Å². The zero-order valence-corrected chi connectivity index (χ0v) is 16.9. The van der Waals surface area contributed by atoms with Gasteiger partial charge in [0.1, 0.15) is 5.75 Å². The minimum Gasteiger partial charge on any atom is -0.495 e. The van der Waals surface area contributed by atoms with Crippen LogP contribution in [0.5, 0.6) is 5.75 Å². The molecule has 0 heterocycles. The van der Waals surface area contributed by atoms with E-state index in [4.69, 9.17) is 16.3 Å². The molecule has 0 aliphatic heterocycles. The normalized spacial score (nSPS) is 11.5. The van der Waals surface area contributed by atoms with Crippen molar-refractivity contribution < 1.29 is 9.53 Å². The second-order valence-corrected chi connectivity index (χ2v) is 7.95. The minimum absolute atomic E-state index is 0.112. The molecule has 0 atom stereocenters. The molecule has 0 aliphatic rings. The lowest BCUT2D eigenvalue weighted by atomic mass is 9.87. The first-order chi connectivity index (χ1) is 12.2. The molecule has 140 valence electrons. The molecule has 5 heteroatoms. The Labute approximate surface area is 161 Å². The van der Waals surface area contributed by atoms with Crippen LogP contribution in [0, 0.1) is 0 Å². The predicted molar refractivity (Wildman–Crippen MR) is 108 cm³/mol. The molecule has 1 N–H and O–H groups in total. The second kappa shape index (κ2) is 8.56. The van der Waals surface area contributed by atoms with Crippen molar-refractivity contribution in [2.24, 2.45) is 0 Å². The lowest BCUT2D eigenvalue weighted by Gasteiger charge is -2.20. The van der Waals surface area contributed by atoms with E-state index in [9.17, 15) is 4.79 Å². The highest BCUT2D eigenvalue weighted by molar-refractivity contribution is 6.31. The van der Waals surface area contributed by atoms with Gasteiger partial charge in [-0.05, 0) is 41.8 Å². The first-order valence-corrected chi connectivity index (χ1v) is 8.98. The molecule has 0 aromatic heterocycles. The van der Waals surface area contributed by atoms with Crippen LogP contribution in [0.3, 0.4) is 0 Å². The highest BCUT2D eigenvalue weighted by Gasteiger charge is 2.14. The van der Waals surface area contributed by atoms with Crippen LogP contribution in [0.1, 0.15) is 31.9 Å². The number of nitrogens with one attached hydrogen (secondary N) is 1. The fraction of sp³-hybridized carbons (Fsp3) is 0.381. The summed E-state index contributed by atoms with van der Waals surface area (Å²) in [4.78, 5) is 14.3. The molecule has 2 rings (SSSR count). The van der Waals surface area contributed by atoms with E-state index < -0.39 is 0 Å². The lowest BCUT2D eigenvalue weighted by molar-refractivity contribution is -0.117. The first-order valence-electron chi connectivity index (χ1n) is 8.60. The van der Waals surface area contributed by atoms with Gasteiger partial charge in [-0.25, -0.2) is 0 Å². The zero-order chi connectivity index (χ0) is 19.3. The van der Waals surface area contributed by atoms with Gasteiger partial charge in [-0.3, -0.25) is 9.69 Å². The average Bonchev–Trinajstić information content (AvgIpc) is 2.54. The molecule has 1 amide bonds. The highest BCUT2D eigenvalue weighted by Crippen LogP contribution is 2.27. The number of hydrogen-bond donors (Lipinski definition) is 1. The van der Waals surface area contributed by atoms with Gasteiger partial charge in [0.15, 0.2) is 0 Å². The van der Waals surface area contributed by atoms with Crippen molar-refractivity contribution in [2.45, 2.75) is 32.7 Å². The summed E-state index contributed by atoms with van der Waals surface area (Å²) in [6.07, 6.45) is 0. The summed E-state index contributed by atoms with van der Waals surface area (Å²) >= 11 is 6.00. The number of carbonyl (C=O) groups is 1. The maximum Gasteiger partial charge on any atom is 0.238 e. The molecule has 2 aromatic rings. The van der Waals surface area contributed by atoms with Crippen LogP contribution in [0.4, 0.5) is 5.69 Å². The van der Waals surface area contributed by atoms with Crippen LogP contribution in [-0.4, -0.2) is 31.5 Å². The van der Waals surface area contributed by atoms with Gasteiger partial charge in [-0.2, -0.15) is 0 Å². The SMILES string of the molecule is COc1ccc(Cl)cc1NC(=O)CN(C)Cc1ccc(C(C)(C)C)cc1. The van der Waals surface area contributed by atoms with E-state index in [1.54, 1.807) is 25.3 Å². The summed E-state index contributed by atoms with van der Waals surface area (Å²) in [6, 6.07) is 13.7. The molecule has 0 aliphatic carbocycles. The van der Waals surface area contributed by atoms with E-state index in [0.717, 1.165) is 0 Å². The van der Waals surface area contributed by atoms with Crippen LogP contribution in [0.15, 0.2) is 42.5 Å². The van der Waals surface area contributed by atoms with Gasteiger partial charge in [0.2, 0.25) is 5.91 Å². The maximum atomic E-state index is 12.3. The standard InChI is InChI=1S/C21H27ClN2O2/c1-21(2,3)16-8-6-15(7-9-16)13-24(4)14-20(25)23-18-12-17(22)10-11-19(18)26-5/h6-12H,13-14H2,1-5H3,(H,23,25). The number of benzene rings is 2. The highest BCUT2D eigenvalue weighted by atomic mass is 35.5. The third-order valence-electron chi connectivity index (χ3n) is 4.12. The van der Waals surface area contributed by atoms with Crippen LogP contribution in [0.25, 0.3) is 0 Å². The van der Waals surface area contributed by atoms with E-state index in [-0.39, 0.29) is 17.9 Å². The summed E-state index contributed by atoms with van der Waals surface area (Å²) in [5.74, 6) is 0.475. The van der Waals surface area contributed by atoms with Gasteiger partial charge in [-0.15, -0.1) is 0 Å². The third kappa shape index (κ3) is 5.75. The van der Waals surface area contributed by atoms with E-state index >= 15 is 0 Å². The fourth-order valence-electron chi connectivity index (χ4n) is 2.69. The Bertz CT molecular complexity index is 752. The molecule has 26 heavy (non-hydrogen) atoms. The Morgan fingerprint density at radius 3 is 2.38 bits per heavy atom. The molecule has 0 saturated heterocycles. The van der Waals surface area contributed by atoms with Crippen molar-refractivity contribution in [1.82, 2.24) is 4.90 Å². The van der Waals surface area contributed by atoms with Crippen LogP contribution in [-0.2, 0) is 16.8 Å². The largest absolute Gasteiger partial charge is 0.495 e. The van der Waals surface area contributed by atoms with Gasteiger partial charge >= 0.3 is 0 Å². The minimum atomic E-state index is -0.112. The van der Waals surface area contributed by atoms with E-state index in [2.05, 4.69) is 50.4 Å². The number of methoxy groups -OCH3 is 1. The molecule has 0 saturated carbocycles. The third-order valence-corrected chi connectivity index (χ3v) is 4.36. The van der Waals surface area contributed by atoms with Crippen molar-refractivity contribution in [3.05, 3.63) is 58.6 Å². The number of ether oxygens (including phenoxy) is 1. The summed E-state index contributed by atoms with van der Waals surface area (Å²) in [5.41, 5.74) is 3.19. The number of anilines is 1. The van der Waals surface area contributed by atoms with E-state index in [1.165, 1.54) is 11.1 Å². The van der Waals surface area contributed by atoms with Gasteiger partial charge in [0, 0.05) is 11.6 Å². The molecule has 4 nitrogen and oxygen atoms in total. The lowest BCUT2D eigenvalue weighted by Crippen LogP contribution is -2.30. The van der Waals surface area contributed by atoms with Gasteiger partial charge < -0.3 is 10.1 Å². The van der Waals surface area contributed by atoms with Crippen molar-refractivity contribution in [1.29, 1.82) is 0 Å². The summed E-state index contributed by atoms with van der Waals surface area (Å²) in [6.45, 7) is 7.56. The van der Waals surface area contributed by atoms with Crippen molar-refractivity contribution >= 4 is 23.2 Å². The van der Waals surface area contributed by atoms with Crippen molar-refractivity contribution in [3.63, 3.8) is 0 Å². The number of carbonyl (C=O) groups excluding carboxylic acids is 1. The maximum absolute atomic E-state index is 12.3. The summed E-state index contributed by atoms with van der Waals surface area (Å²) in [5, 5.41) is 3.41. The second-order valence-electron chi connectivity index (χ2n) is 7.51. The fourth-order valence-corrected chi connectivity index (χ4v) is 2.86. The average molecular weight is 375 g/mol. The number of rotatable bonds is 6. The van der Waals surface area contributed by atoms with Gasteiger partial charge in [0.05, 0.1) is 19.3 Å². The van der Waals surface area contributed by atoms with Gasteiger partial charge in [0.25, 0.3) is 0 Å². The molecule has 0 radical (unpaired) electrons. The first kappa shape index (κ1) is 20.3. The Morgan fingerprint density at radius 2 is 1.81 bits per heavy atom. The summed E-state index contributed by atoms with van der Waals surface area (Å²) < 4.78 is 5.25. The van der Waals surface area contributed by atoms with E-state index in [0.29, 0.717) is 23.0 Å².